The minimum atomic E-state index is -0.702. The number of ether oxygens (including phenoxy) is 1. The Morgan fingerprint density at radius 2 is 1.92 bits per heavy atom. The van der Waals surface area contributed by atoms with Crippen molar-refractivity contribution >= 4 is 22.4 Å². The zero-order valence-electron chi connectivity index (χ0n) is 23.1. The van der Waals surface area contributed by atoms with Crippen LogP contribution >= 0.6 is 11.3 Å². The van der Waals surface area contributed by atoms with Gasteiger partial charge in [-0.2, -0.15) is 0 Å². The minimum absolute atomic E-state index is 0.0806. The Hall–Kier alpha value is -2.94. The number of likely N-dealkylation sites (tertiary alicyclic amines) is 1. The van der Waals surface area contributed by atoms with Gasteiger partial charge in [0.25, 0.3) is 0 Å². The van der Waals surface area contributed by atoms with Crippen LogP contribution in [0.3, 0.4) is 0 Å². The third kappa shape index (κ3) is 6.29. The van der Waals surface area contributed by atoms with Gasteiger partial charge in [-0.05, 0) is 67.9 Å². The number of aliphatic hydroxyl groups is 1. The molecule has 2 N–H and O–H groups in total. The Kier molecular flexibility index (Phi) is 8.54. The summed E-state index contributed by atoms with van der Waals surface area (Å²) in [5.74, 6) is -0.126. The predicted octanol–water partition coefficient (Wildman–Crippen LogP) is 6.03. The quantitative estimate of drug-likeness (QED) is 0.355. The lowest BCUT2D eigenvalue weighted by Crippen LogP contribution is -2.42. The molecule has 7 nitrogen and oxygen atoms in total. The number of aliphatic carboxylic acids is 1. The van der Waals surface area contributed by atoms with Crippen molar-refractivity contribution in [3.63, 3.8) is 0 Å². The number of piperidine rings is 2. The molecule has 1 aromatic heterocycles. The maximum atomic E-state index is 11.5. The normalized spacial score (nSPS) is 21.1. The highest BCUT2D eigenvalue weighted by Crippen LogP contribution is 2.37. The van der Waals surface area contributed by atoms with E-state index in [1.807, 2.05) is 19.1 Å². The molecular weight excluding hydrogens is 510 g/mol. The van der Waals surface area contributed by atoms with Gasteiger partial charge in [0.15, 0.2) is 5.13 Å². The number of benzene rings is 2. The fraction of sp³-hybridized carbons (Fsp3) is 0.484. The second-order valence-corrected chi connectivity index (χ2v) is 12.0. The van der Waals surface area contributed by atoms with Crippen molar-refractivity contribution in [1.29, 1.82) is 0 Å². The molecule has 2 fully saturated rings. The van der Waals surface area contributed by atoms with Gasteiger partial charge < -0.3 is 19.8 Å². The second-order valence-electron chi connectivity index (χ2n) is 11.1. The molecule has 2 aromatic carbocycles. The van der Waals surface area contributed by atoms with Gasteiger partial charge in [0.1, 0.15) is 18.6 Å². The summed E-state index contributed by atoms with van der Waals surface area (Å²) >= 11 is 1.59. The average Bonchev–Trinajstić information content (AvgIpc) is 3.43. The Morgan fingerprint density at radius 3 is 2.64 bits per heavy atom. The fourth-order valence-corrected chi connectivity index (χ4v) is 6.62. The van der Waals surface area contributed by atoms with Crippen LogP contribution in [-0.2, 0) is 11.4 Å². The molecule has 0 amide bonds. The molecule has 8 heteroatoms. The molecule has 0 spiro atoms. The Labute approximate surface area is 235 Å². The maximum absolute atomic E-state index is 11.5. The molecule has 3 heterocycles. The van der Waals surface area contributed by atoms with E-state index in [-0.39, 0.29) is 11.8 Å². The van der Waals surface area contributed by atoms with Crippen LogP contribution < -0.4 is 9.64 Å². The number of anilines is 1. The summed E-state index contributed by atoms with van der Waals surface area (Å²) < 4.78 is 6.36. The molecule has 2 aliphatic heterocycles. The highest BCUT2D eigenvalue weighted by Gasteiger charge is 2.32. The zero-order chi connectivity index (χ0) is 27.5. The smallest absolute Gasteiger partial charge is 0.306 e. The molecule has 3 aromatic rings. The van der Waals surface area contributed by atoms with Crippen molar-refractivity contribution in [2.75, 3.05) is 31.1 Å². The van der Waals surface area contributed by atoms with Crippen LogP contribution in [0.25, 0.3) is 11.3 Å². The van der Waals surface area contributed by atoms with E-state index in [2.05, 4.69) is 53.3 Å². The monoisotopic (exact) mass is 549 g/mol. The molecule has 0 radical (unpaired) electrons. The number of rotatable bonds is 8. The lowest BCUT2D eigenvalue weighted by Gasteiger charge is -2.34. The van der Waals surface area contributed by atoms with E-state index in [0.29, 0.717) is 26.1 Å². The van der Waals surface area contributed by atoms with Crippen molar-refractivity contribution in [3.8, 4) is 17.0 Å². The number of aromatic nitrogens is 1. The number of thiazole rings is 1. The zero-order valence-corrected chi connectivity index (χ0v) is 23.9. The first-order chi connectivity index (χ1) is 18.8. The van der Waals surface area contributed by atoms with E-state index < -0.39 is 12.2 Å². The van der Waals surface area contributed by atoms with Crippen LogP contribution in [0, 0.1) is 25.7 Å². The average molecular weight is 550 g/mol. The molecule has 2 aliphatic rings. The van der Waals surface area contributed by atoms with Crippen LogP contribution in [0.2, 0.25) is 0 Å². The first kappa shape index (κ1) is 27.6. The van der Waals surface area contributed by atoms with Crippen molar-refractivity contribution in [2.24, 2.45) is 11.8 Å². The number of aryl methyl sites for hydroxylation is 2. The third-order valence-electron chi connectivity index (χ3n) is 8.18. The molecule has 3 atom stereocenters. The number of carbonyl (C=O) groups is 1. The van der Waals surface area contributed by atoms with Gasteiger partial charge in [0.05, 0.1) is 11.6 Å². The summed E-state index contributed by atoms with van der Waals surface area (Å²) in [5.41, 5.74) is 6.09. The number of hydrogen-bond acceptors (Lipinski definition) is 7. The van der Waals surface area contributed by atoms with Crippen molar-refractivity contribution < 1.29 is 19.7 Å². The number of nitrogens with zero attached hydrogens (tertiary/aromatic N) is 3. The van der Waals surface area contributed by atoms with Gasteiger partial charge in [-0.25, -0.2) is 4.98 Å². The van der Waals surface area contributed by atoms with Crippen LogP contribution in [0.4, 0.5) is 5.13 Å². The lowest BCUT2D eigenvalue weighted by molar-refractivity contribution is -0.144. The SMILES string of the molecule is Cc1ccc(OCc2ccc(C(O)N3CCCCC3)cc2C)c(-c2csc(N3CCC(C(=O)O)C(C)C3)n2)c1. The highest BCUT2D eigenvalue weighted by molar-refractivity contribution is 7.14. The Bertz CT molecular complexity index is 1300. The van der Waals surface area contributed by atoms with E-state index in [0.717, 1.165) is 70.3 Å². The first-order valence-electron chi connectivity index (χ1n) is 14.0. The highest BCUT2D eigenvalue weighted by atomic mass is 32.1. The molecule has 0 aliphatic carbocycles. The number of hydrogen-bond donors (Lipinski definition) is 2. The maximum Gasteiger partial charge on any atom is 0.306 e. The van der Waals surface area contributed by atoms with Gasteiger partial charge in [-0.15, -0.1) is 11.3 Å². The van der Waals surface area contributed by atoms with Gasteiger partial charge >= 0.3 is 5.97 Å². The Balaban J connectivity index is 1.28. The molecule has 3 unspecified atom stereocenters. The van der Waals surface area contributed by atoms with Gasteiger partial charge in [-0.1, -0.05) is 43.2 Å². The molecule has 208 valence electrons. The van der Waals surface area contributed by atoms with Crippen LogP contribution in [0.1, 0.15) is 61.1 Å². The summed E-state index contributed by atoms with van der Waals surface area (Å²) in [5, 5.41) is 23.3. The number of carboxylic acid groups (broad SMARTS) is 1. The largest absolute Gasteiger partial charge is 0.488 e. The molecule has 5 rings (SSSR count). The molecule has 2 saturated heterocycles. The molecule has 0 bridgehead atoms. The van der Waals surface area contributed by atoms with E-state index in [1.165, 1.54) is 6.42 Å². The predicted molar refractivity (Wildman–Crippen MR) is 155 cm³/mol. The molecule has 39 heavy (non-hydrogen) atoms. The number of carboxylic acids is 1. The standard InChI is InChI=1S/C31H39N3O4S/c1-20-7-10-28(38-18-24-9-8-23(16-21(24)2)29(35)33-12-5-4-6-13-33)26(15-20)27-19-39-31(32-27)34-14-11-25(30(36)37)22(3)17-34/h7-10,15-16,19,22,25,29,35H,4-6,11-14,17-18H2,1-3H3,(H,36,37). The van der Waals surface area contributed by atoms with Gasteiger partial charge in [0.2, 0.25) is 0 Å². The van der Waals surface area contributed by atoms with Gasteiger partial charge in [-0.3, -0.25) is 9.69 Å². The summed E-state index contributed by atoms with van der Waals surface area (Å²) in [6.45, 7) is 9.86. The van der Waals surface area contributed by atoms with E-state index in [1.54, 1.807) is 11.3 Å². The molecule has 0 saturated carbocycles. The molecular formula is C31H39N3O4S. The third-order valence-corrected chi connectivity index (χ3v) is 9.08. The lowest BCUT2D eigenvalue weighted by atomic mass is 9.87. The summed E-state index contributed by atoms with van der Waals surface area (Å²) in [7, 11) is 0. The summed E-state index contributed by atoms with van der Waals surface area (Å²) in [6.07, 6.45) is 3.61. The summed E-state index contributed by atoms with van der Waals surface area (Å²) in [4.78, 5) is 20.8. The fourth-order valence-electron chi connectivity index (χ4n) is 5.76. The Morgan fingerprint density at radius 1 is 1.13 bits per heavy atom. The second kappa shape index (κ2) is 12.1. The minimum Gasteiger partial charge on any atom is -0.488 e. The van der Waals surface area contributed by atoms with Crippen molar-refractivity contribution in [1.82, 2.24) is 9.88 Å². The van der Waals surface area contributed by atoms with Crippen LogP contribution in [0.15, 0.2) is 41.8 Å². The van der Waals surface area contributed by atoms with Crippen molar-refractivity contribution in [3.05, 3.63) is 64.0 Å². The number of aliphatic hydroxyl groups excluding tert-OH is 1. The van der Waals surface area contributed by atoms with E-state index in [4.69, 9.17) is 9.72 Å². The van der Waals surface area contributed by atoms with Crippen LogP contribution in [-0.4, -0.2) is 52.2 Å². The first-order valence-corrected chi connectivity index (χ1v) is 14.9. The summed E-state index contributed by atoms with van der Waals surface area (Å²) in [6, 6.07) is 12.3. The van der Waals surface area contributed by atoms with Crippen LogP contribution in [0.5, 0.6) is 5.75 Å². The van der Waals surface area contributed by atoms with E-state index >= 15 is 0 Å². The van der Waals surface area contributed by atoms with Gasteiger partial charge in [0, 0.05) is 37.1 Å². The van der Waals surface area contributed by atoms with Crippen molar-refractivity contribution in [2.45, 2.75) is 59.3 Å². The van der Waals surface area contributed by atoms with E-state index in [9.17, 15) is 15.0 Å². The topological polar surface area (TPSA) is 86.1 Å².